The van der Waals surface area contributed by atoms with Crippen molar-refractivity contribution in [2.45, 2.75) is 17.3 Å². The Kier molecular flexibility index (Phi) is 4.22. The van der Waals surface area contributed by atoms with Gasteiger partial charge in [-0.1, -0.05) is 22.9 Å². The molecule has 3 rings (SSSR count). The molecule has 5 nitrogen and oxygen atoms in total. The molecule has 12 heteroatoms. The van der Waals surface area contributed by atoms with E-state index >= 15 is 0 Å². The second-order valence-corrected chi connectivity index (χ2v) is 9.01. The average molecular weight is 414 g/mol. The predicted molar refractivity (Wildman–Crippen MR) is 87.3 cm³/mol. The van der Waals surface area contributed by atoms with Crippen LogP contribution in [-0.4, -0.2) is 18.6 Å². The number of alkyl halides is 3. The lowest BCUT2D eigenvalue weighted by Gasteiger charge is -2.03. The van der Waals surface area contributed by atoms with Gasteiger partial charge in [-0.2, -0.15) is 13.2 Å². The van der Waals surface area contributed by atoms with Crippen molar-refractivity contribution in [1.82, 2.24) is 10.2 Å². The Hall–Kier alpha value is -1.43. The second-order valence-electron chi connectivity index (χ2n) is 4.67. The third-order valence-corrected chi connectivity index (χ3v) is 7.47. The maximum atomic E-state index is 12.5. The standard InChI is InChI=1S/C12H7ClF3N3O2S3/c1-5-7-4-6(13)2-3-8(7)22-9(5)24(20,21)19-11-18-17-10(23-11)12(14,15)16/h2-4H,1H3,(H,18,19). The van der Waals surface area contributed by atoms with E-state index in [-0.39, 0.29) is 15.5 Å². The molecular formula is C12H7ClF3N3O2S3. The lowest BCUT2D eigenvalue weighted by atomic mass is 10.2. The first-order chi connectivity index (χ1) is 11.1. The fraction of sp³-hybridized carbons (Fsp3) is 0.167. The molecule has 0 aliphatic carbocycles. The molecule has 0 bridgehead atoms. The third-order valence-electron chi connectivity index (χ3n) is 2.99. The monoisotopic (exact) mass is 413 g/mol. The van der Waals surface area contributed by atoms with E-state index in [1.54, 1.807) is 25.1 Å². The van der Waals surface area contributed by atoms with Gasteiger partial charge in [0.1, 0.15) is 4.21 Å². The van der Waals surface area contributed by atoms with E-state index < -0.39 is 26.3 Å². The van der Waals surface area contributed by atoms with E-state index in [9.17, 15) is 21.6 Å². The zero-order valence-electron chi connectivity index (χ0n) is 11.7. The first-order valence-corrected chi connectivity index (χ1v) is 9.69. The molecule has 0 saturated carbocycles. The van der Waals surface area contributed by atoms with Crippen molar-refractivity contribution in [2.24, 2.45) is 0 Å². The van der Waals surface area contributed by atoms with E-state index in [2.05, 4.69) is 10.2 Å². The summed E-state index contributed by atoms with van der Waals surface area (Å²) >= 11 is 7.02. The Bertz CT molecular complexity index is 1030. The molecule has 0 atom stereocenters. The highest BCUT2D eigenvalue weighted by Crippen LogP contribution is 2.37. The summed E-state index contributed by atoms with van der Waals surface area (Å²) in [4.78, 5) is 0. The Morgan fingerprint density at radius 2 is 1.92 bits per heavy atom. The number of hydrogen-bond acceptors (Lipinski definition) is 6. The number of halogens is 4. The van der Waals surface area contributed by atoms with Gasteiger partial charge in [0.2, 0.25) is 10.1 Å². The van der Waals surface area contributed by atoms with Gasteiger partial charge < -0.3 is 0 Å². The van der Waals surface area contributed by atoms with Crippen LogP contribution in [0, 0.1) is 6.92 Å². The number of fused-ring (bicyclic) bond motifs is 1. The molecule has 0 aliphatic heterocycles. The summed E-state index contributed by atoms with van der Waals surface area (Å²) in [5.41, 5.74) is 0.463. The van der Waals surface area contributed by atoms with Crippen molar-refractivity contribution in [3.8, 4) is 0 Å². The van der Waals surface area contributed by atoms with Gasteiger partial charge in [-0.3, -0.25) is 4.72 Å². The Morgan fingerprint density at radius 1 is 1.21 bits per heavy atom. The summed E-state index contributed by atoms with van der Waals surface area (Å²) in [5.74, 6) is 0. The summed E-state index contributed by atoms with van der Waals surface area (Å²) < 4.78 is 65.2. The minimum atomic E-state index is -4.67. The van der Waals surface area contributed by atoms with Gasteiger partial charge in [0.25, 0.3) is 10.0 Å². The van der Waals surface area contributed by atoms with E-state index in [1.807, 2.05) is 4.72 Å². The van der Waals surface area contributed by atoms with Crippen molar-refractivity contribution in [3.63, 3.8) is 0 Å². The minimum absolute atomic E-state index is 0.0106. The Labute approximate surface area is 147 Å². The van der Waals surface area contributed by atoms with Crippen molar-refractivity contribution < 1.29 is 21.6 Å². The van der Waals surface area contributed by atoms with Gasteiger partial charge in [-0.25, -0.2) is 8.42 Å². The molecule has 0 fully saturated rings. The molecule has 1 aromatic carbocycles. The number of anilines is 1. The SMILES string of the molecule is Cc1c(S(=O)(=O)Nc2nnc(C(F)(F)F)s2)sc2ccc(Cl)cc12. The molecule has 0 saturated heterocycles. The molecule has 128 valence electrons. The van der Waals surface area contributed by atoms with Gasteiger partial charge in [-0.05, 0) is 36.1 Å². The van der Waals surface area contributed by atoms with Crippen molar-refractivity contribution in [3.05, 3.63) is 33.8 Å². The van der Waals surface area contributed by atoms with Crippen LogP contribution in [0.25, 0.3) is 10.1 Å². The zero-order valence-corrected chi connectivity index (χ0v) is 14.9. The topological polar surface area (TPSA) is 72.0 Å². The number of sulfonamides is 1. The quantitative estimate of drug-likeness (QED) is 0.684. The van der Waals surface area contributed by atoms with Crippen molar-refractivity contribution >= 4 is 59.5 Å². The number of benzene rings is 1. The summed E-state index contributed by atoms with van der Waals surface area (Å²) in [6.07, 6.45) is -4.67. The maximum absolute atomic E-state index is 12.5. The van der Waals surface area contributed by atoms with Crippen LogP contribution in [-0.2, 0) is 16.2 Å². The number of aryl methyl sites for hydroxylation is 1. The lowest BCUT2D eigenvalue weighted by molar-refractivity contribution is -0.138. The van der Waals surface area contributed by atoms with Crippen LogP contribution in [0.5, 0.6) is 0 Å². The molecule has 2 heterocycles. The molecule has 3 aromatic rings. The molecule has 0 unspecified atom stereocenters. The average Bonchev–Trinajstić information content (AvgIpc) is 3.04. The van der Waals surface area contributed by atoms with Gasteiger partial charge in [-0.15, -0.1) is 21.5 Å². The van der Waals surface area contributed by atoms with Gasteiger partial charge in [0.05, 0.1) is 0 Å². The van der Waals surface area contributed by atoms with Crippen LogP contribution in [0.1, 0.15) is 10.6 Å². The summed E-state index contributed by atoms with van der Waals surface area (Å²) in [7, 11) is -4.08. The molecule has 0 spiro atoms. The smallest absolute Gasteiger partial charge is 0.252 e. The van der Waals surface area contributed by atoms with E-state index in [0.29, 0.717) is 20.7 Å². The molecule has 24 heavy (non-hydrogen) atoms. The first kappa shape index (κ1) is 17.4. The molecule has 2 aromatic heterocycles. The number of aromatic nitrogens is 2. The molecule has 0 amide bonds. The fourth-order valence-corrected chi connectivity index (χ4v) is 5.73. The van der Waals surface area contributed by atoms with Gasteiger partial charge in [0.15, 0.2) is 0 Å². The highest BCUT2D eigenvalue weighted by molar-refractivity contribution is 7.95. The van der Waals surface area contributed by atoms with E-state index in [1.165, 1.54) is 0 Å². The van der Waals surface area contributed by atoms with Crippen molar-refractivity contribution in [2.75, 3.05) is 4.72 Å². The summed E-state index contributed by atoms with van der Waals surface area (Å²) in [5, 5.41) is 5.63. The normalized spacial score (nSPS) is 12.7. The molecule has 0 radical (unpaired) electrons. The van der Waals surface area contributed by atoms with Gasteiger partial charge in [0, 0.05) is 9.72 Å². The molecule has 1 N–H and O–H groups in total. The summed E-state index contributed by atoms with van der Waals surface area (Å²) in [6.45, 7) is 1.60. The number of hydrogen-bond donors (Lipinski definition) is 1. The highest BCUT2D eigenvalue weighted by atomic mass is 35.5. The van der Waals surface area contributed by atoms with Crippen LogP contribution < -0.4 is 4.72 Å². The van der Waals surface area contributed by atoms with Crippen LogP contribution in [0.15, 0.2) is 22.4 Å². The Balaban J connectivity index is 1.99. The second kappa shape index (κ2) is 5.83. The Morgan fingerprint density at radius 3 is 2.54 bits per heavy atom. The van der Waals surface area contributed by atoms with Crippen molar-refractivity contribution in [1.29, 1.82) is 0 Å². The van der Waals surface area contributed by atoms with Gasteiger partial charge >= 0.3 is 6.18 Å². The number of nitrogens with zero attached hydrogens (tertiary/aromatic N) is 2. The fourth-order valence-electron chi connectivity index (χ4n) is 1.97. The zero-order chi connectivity index (χ0) is 17.7. The highest BCUT2D eigenvalue weighted by Gasteiger charge is 2.36. The molecule has 0 aliphatic rings. The van der Waals surface area contributed by atoms with Crippen LogP contribution in [0.2, 0.25) is 5.02 Å². The van der Waals surface area contributed by atoms with Crippen LogP contribution >= 0.6 is 34.3 Å². The first-order valence-electron chi connectivity index (χ1n) is 6.20. The largest absolute Gasteiger partial charge is 0.445 e. The van der Waals surface area contributed by atoms with Crippen LogP contribution in [0.4, 0.5) is 18.3 Å². The van der Waals surface area contributed by atoms with E-state index in [0.717, 1.165) is 11.3 Å². The maximum Gasteiger partial charge on any atom is 0.445 e. The minimum Gasteiger partial charge on any atom is -0.252 e. The van der Waals surface area contributed by atoms with Crippen LogP contribution in [0.3, 0.4) is 0 Å². The number of nitrogens with one attached hydrogen (secondary N) is 1. The molecular weight excluding hydrogens is 407 g/mol. The predicted octanol–water partition coefficient (Wildman–Crippen LogP) is 4.53. The van der Waals surface area contributed by atoms with E-state index in [4.69, 9.17) is 11.6 Å². The number of rotatable bonds is 3. The third kappa shape index (κ3) is 3.21. The number of thiophene rings is 1. The summed E-state index contributed by atoms with van der Waals surface area (Å²) in [6, 6.07) is 4.94. The lowest BCUT2D eigenvalue weighted by Crippen LogP contribution is -2.12.